The molecule has 4 nitrogen and oxygen atoms in total. The molecule has 2 rings (SSSR count). The van der Waals surface area contributed by atoms with Crippen LogP contribution in [0.5, 0.6) is 0 Å². The second-order valence-electron chi connectivity index (χ2n) is 4.53. The van der Waals surface area contributed by atoms with Gasteiger partial charge >= 0.3 is 0 Å². The highest BCUT2D eigenvalue weighted by atomic mass is 19.1. The third-order valence-electron chi connectivity index (χ3n) is 2.86. The molecule has 0 saturated heterocycles. The molecular formula is C15H19FN4. The van der Waals surface area contributed by atoms with E-state index in [1.807, 2.05) is 6.07 Å². The molecule has 0 unspecified atom stereocenters. The molecule has 1 aromatic carbocycles. The lowest BCUT2D eigenvalue weighted by molar-refractivity contribution is 0.627. The van der Waals surface area contributed by atoms with Crippen LogP contribution in [0.4, 0.5) is 16.2 Å². The monoisotopic (exact) mass is 274 g/mol. The molecule has 1 aromatic heterocycles. The van der Waals surface area contributed by atoms with Gasteiger partial charge in [-0.3, -0.25) is 0 Å². The van der Waals surface area contributed by atoms with Crippen LogP contribution in [0.3, 0.4) is 0 Å². The first-order chi connectivity index (χ1) is 9.78. The fourth-order valence-electron chi connectivity index (χ4n) is 1.72. The van der Waals surface area contributed by atoms with Gasteiger partial charge < -0.3 is 10.6 Å². The average molecular weight is 274 g/mol. The molecule has 5 heteroatoms. The number of nitrogens with one attached hydrogen (secondary N) is 2. The summed E-state index contributed by atoms with van der Waals surface area (Å²) >= 11 is 0. The maximum atomic E-state index is 12.8. The molecule has 20 heavy (non-hydrogen) atoms. The molecule has 0 atom stereocenters. The van der Waals surface area contributed by atoms with Gasteiger partial charge in [-0.1, -0.05) is 25.5 Å². The highest BCUT2D eigenvalue weighted by Crippen LogP contribution is 2.08. The van der Waals surface area contributed by atoms with Crippen molar-refractivity contribution in [3.05, 3.63) is 47.9 Å². The highest BCUT2D eigenvalue weighted by Gasteiger charge is 1.99. The zero-order valence-corrected chi connectivity index (χ0v) is 11.6. The molecule has 0 fully saturated rings. The van der Waals surface area contributed by atoms with E-state index in [0.29, 0.717) is 12.5 Å². The third kappa shape index (κ3) is 4.50. The number of hydrogen-bond donors (Lipinski definition) is 2. The van der Waals surface area contributed by atoms with Crippen molar-refractivity contribution in [3.63, 3.8) is 0 Å². The number of anilines is 2. The van der Waals surface area contributed by atoms with Gasteiger partial charge in [0.15, 0.2) is 0 Å². The summed E-state index contributed by atoms with van der Waals surface area (Å²) in [5, 5.41) is 6.38. The summed E-state index contributed by atoms with van der Waals surface area (Å²) in [6.45, 7) is 3.63. The smallest absolute Gasteiger partial charge is 0.224 e. The molecule has 0 bridgehead atoms. The average Bonchev–Trinajstić information content (AvgIpc) is 2.47. The first-order valence-electron chi connectivity index (χ1n) is 6.83. The third-order valence-corrected chi connectivity index (χ3v) is 2.86. The Labute approximate surface area is 118 Å². The SMILES string of the molecule is CCCCNc1ccnc(NCc2ccc(F)cc2)n1. The molecule has 0 aliphatic heterocycles. The Kier molecular flexibility index (Phi) is 5.29. The Morgan fingerprint density at radius 3 is 2.65 bits per heavy atom. The predicted octanol–water partition coefficient (Wildman–Crippen LogP) is 3.44. The first-order valence-corrected chi connectivity index (χ1v) is 6.83. The van der Waals surface area contributed by atoms with Crippen molar-refractivity contribution in [1.29, 1.82) is 0 Å². The summed E-state index contributed by atoms with van der Waals surface area (Å²) in [6.07, 6.45) is 3.98. The Balaban J connectivity index is 1.89. The molecule has 2 N–H and O–H groups in total. The maximum absolute atomic E-state index is 12.8. The number of nitrogens with zero attached hydrogens (tertiary/aromatic N) is 2. The molecule has 0 amide bonds. The number of unbranched alkanes of at least 4 members (excludes halogenated alkanes) is 1. The minimum Gasteiger partial charge on any atom is -0.370 e. The van der Waals surface area contributed by atoms with Gasteiger partial charge in [0.2, 0.25) is 5.95 Å². The van der Waals surface area contributed by atoms with Crippen molar-refractivity contribution in [1.82, 2.24) is 9.97 Å². The van der Waals surface area contributed by atoms with Gasteiger partial charge in [0.05, 0.1) is 0 Å². The second-order valence-corrected chi connectivity index (χ2v) is 4.53. The van der Waals surface area contributed by atoms with E-state index in [0.717, 1.165) is 30.8 Å². The van der Waals surface area contributed by atoms with E-state index >= 15 is 0 Å². The van der Waals surface area contributed by atoms with Crippen molar-refractivity contribution in [2.75, 3.05) is 17.2 Å². The maximum Gasteiger partial charge on any atom is 0.224 e. The van der Waals surface area contributed by atoms with Crippen LogP contribution >= 0.6 is 0 Å². The van der Waals surface area contributed by atoms with E-state index in [9.17, 15) is 4.39 Å². The van der Waals surface area contributed by atoms with Gasteiger partial charge in [-0.05, 0) is 30.2 Å². The molecule has 2 aromatic rings. The Morgan fingerprint density at radius 1 is 1.10 bits per heavy atom. The fourth-order valence-corrected chi connectivity index (χ4v) is 1.72. The van der Waals surface area contributed by atoms with Gasteiger partial charge in [-0.15, -0.1) is 0 Å². The Morgan fingerprint density at radius 2 is 1.90 bits per heavy atom. The molecule has 0 aliphatic carbocycles. The zero-order chi connectivity index (χ0) is 14.2. The van der Waals surface area contributed by atoms with Gasteiger partial charge in [-0.25, -0.2) is 9.37 Å². The van der Waals surface area contributed by atoms with Crippen LogP contribution in [0.2, 0.25) is 0 Å². The topological polar surface area (TPSA) is 49.8 Å². The van der Waals surface area contributed by atoms with Crippen molar-refractivity contribution < 1.29 is 4.39 Å². The van der Waals surface area contributed by atoms with Crippen LogP contribution in [0.1, 0.15) is 25.3 Å². The van der Waals surface area contributed by atoms with E-state index in [4.69, 9.17) is 0 Å². The van der Waals surface area contributed by atoms with Crippen LogP contribution in [0.15, 0.2) is 36.5 Å². The van der Waals surface area contributed by atoms with Gasteiger partial charge in [0, 0.05) is 19.3 Å². The minimum absolute atomic E-state index is 0.230. The molecular weight excluding hydrogens is 255 g/mol. The van der Waals surface area contributed by atoms with Crippen LogP contribution in [-0.2, 0) is 6.54 Å². The van der Waals surface area contributed by atoms with E-state index in [-0.39, 0.29) is 5.82 Å². The lowest BCUT2D eigenvalue weighted by atomic mass is 10.2. The Hall–Kier alpha value is -2.17. The van der Waals surface area contributed by atoms with Gasteiger partial charge in [0.25, 0.3) is 0 Å². The quantitative estimate of drug-likeness (QED) is 0.759. The molecule has 0 spiro atoms. The van der Waals surface area contributed by atoms with Crippen LogP contribution in [0.25, 0.3) is 0 Å². The molecule has 0 aliphatic rings. The largest absolute Gasteiger partial charge is 0.370 e. The summed E-state index contributed by atoms with van der Waals surface area (Å²) in [6, 6.07) is 8.22. The molecule has 1 heterocycles. The van der Waals surface area contributed by atoms with Crippen molar-refractivity contribution in [2.45, 2.75) is 26.3 Å². The molecule has 0 radical (unpaired) electrons. The van der Waals surface area contributed by atoms with Crippen molar-refractivity contribution >= 4 is 11.8 Å². The first kappa shape index (κ1) is 14.2. The number of rotatable bonds is 7. The van der Waals surface area contributed by atoms with E-state index in [2.05, 4.69) is 27.5 Å². The normalized spacial score (nSPS) is 10.3. The lowest BCUT2D eigenvalue weighted by Gasteiger charge is -2.08. The van der Waals surface area contributed by atoms with Crippen molar-refractivity contribution in [3.8, 4) is 0 Å². The van der Waals surface area contributed by atoms with Crippen LogP contribution < -0.4 is 10.6 Å². The summed E-state index contributed by atoms with van der Waals surface area (Å²) in [5.41, 5.74) is 0.986. The second kappa shape index (κ2) is 7.43. The summed E-state index contributed by atoms with van der Waals surface area (Å²) in [5.74, 6) is 1.15. The fraction of sp³-hybridized carbons (Fsp3) is 0.333. The summed E-state index contributed by atoms with van der Waals surface area (Å²) in [4.78, 5) is 8.53. The lowest BCUT2D eigenvalue weighted by Crippen LogP contribution is -2.07. The van der Waals surface area contributed by atoms with E-state index in [1.54, 1.807) is 18.3 Å². The van der Waals surface area contributed by atoms with Crippen LogP contribution in [-0.4, -0.2) is 16.5 Å². The summed E-state index contributed by atoms with van der Waals surface area (Å²) in [7, 11) is 0. The predicted molar refractivity (Wildman–Crippen MR) is 79.2 cm³/mol. The van der Waals surface area contributed by atoms with Gasteiger partial charge in [0.1, 0.15) is 11.6 Å². The number of aromatic nitrogens is 2. The standard InChI is InChI=1S/C15H19FN4/c1-2-3-9-17-14-8-10-18-15(20-14)19-11-12-4-6-13(16)7-5-12/h4-8,10H,2-3,9,11H2,1H3,(H2,17,18,19,20). The number of hydrogen-bond acceptors (Lipinski definition) is 4. The van der Waals surface area contributed by atoms with Crippen molar-refractivity contribution in [2.24, 2.45) is 0 Å². The van der Waals surface area contributed by atoms with E-state index in [1.165, 1.54) is 12.1 Å². The molecule has 0 saturated carbocycles. The number of benzene rings is 1. The highest BCUT2D eigenvalue weighted by molar-refractivity contribution is 5.39. The zero-order valence-electron chi connectivity index (χ0n) is 11.6. The van der Waals surface area contributed by atoms with E-state index < -0.39 is 0 Å². The van der Waals surface area contributed by atoms with Crippen LogP contribution in [0, 0.1) is 5.82 Å². The van der Waals surface area contributed by atoms with Gasteiger partial charge in [-0.2, -0.15) is 4.98 Å². The number of halogens is 1. The molecule has 106 valence electrons. The Bertz CT molecular complexity index is 528. The minimum atomic E-state index is -0.230. The summed E-state index contributed by atoms with van der Waals surface area (Å²) < 4.78 is 12.8.